The Kier molecular flexibility index (Phi) is 30.2. The molecule has 3 fully saturated rings. The molecule has 23 atom stereocenters. The molecule has 24 N–H and O–H groups in total. The van der Waals surface area contributed by atoms with Gasteiger partial charge in [0.25, 0.3) is 0 Å². The van der Waals surface area contributed by atoms with E-state index in [1.54, 1.807) is 24.3 Å². The fourth-order valence-corrected chi connectivity index (χ4v) is 16.8. The van der Waals surface area contributed by atoms with Crippen molar-refractivity contribution in [2.75, 3.05) is 20.2 Å². The second kappa shape index (κ2) is 40.2. The predicted molar refractivity (Wildman–Crippen MR) is 443 cm³/mol. The molecule has 14 rings (SSSR count). The number of hydrogen-bond donors (Lipinski definition) is 22. The largest absolute Gasteiger partial charge is 0.508 e. The maximum absolute atomic E-state index is 16.0. The SMILES string of the molecule is CN[C@H](CC(C)C)C(=O)NC1C(=O)NC(CC(N)=O)C(=O)N[C@H]2C(=O)NC(C)c3ccc(O)c(c3)-c3c(O)cc(O)cc3C(C(=O)O)NC(=O)[C@@H](NC=O)[C@H](OC3C[C@](C)(N)[C@@H](O)[C@H](C)O3)c3ccc(c(Cl)c3)Oc3cc2cc(c3O[C@@H]2O[C@H](CO)[C@@H](O[C@@H]3O[C@H](CNCc4ccc(-c5cccc(F)c5)s4)[C@H](O)[C@H](O)[C@H]3O)[C@H](O)[C@H]2O)Oc2ccc(cc2Cl)[C@H]1O. The van der Waals surface area contributed by atoms with E-state index < -0.39 is 279 Å². The average molecular weight is 1820 g/mol. The van der Waals surface area contributed by atoms with Crippen LogP contribution in [0.1, 0.15) is 117 Å². The summed E-state index contributed by atoms with van der Waals surface area (Å²) < 4.78 is 65.2. The van der Waals surface area contributed by atoms with Crippen molar-refractivity contribution in [3.8, 4) is 67.6 Å². The van der Waals surface area contributed by atoms with E-state index in [1.165, 1.54) is 69.5 Å². The summed E-state index contributed by atoms with van der Waals surface area (Å²) in [6, 6.07) is 10.5. The lowest BCUT2D eigenvalue weighted by Crippen LogP contribution is -2.65. The number of carbonyl (C=O) groups excluding carboxylic acids is 7. The van der Waals surface area contributed by atoms with Crippen LogP contribution in [0.25, 0.3) is 21.6 Å². The number of carboxylic acids is 1. The Morgan fingerprint density at radius 1 is 0.706 bits per heavy atom. The molecular formula is C84H97Cl2FN10O28S. The average Bonchev–Trinajstić information content (AvgIpc) is 0.835. The quantitative estimate of drug-likeness (QED) is 0.0433. The van der Waals surface area contributed by atoms with E-state index in [0.29, 0.717) is 5.56 Å². The number of fused-ring (bicyclic) bond motifs is 16. The van der Waals surface area contributed by atoms with Gasteiger partial charge < -0.3 is 153 Å². The van der Waals surface area contributed by atoms with Crippen LogP contribution in [0.4, 0.5) is 4.39 Å². The molecule has 678 valence electrons. The molecule has 0 radical (unpaired) electrons. The highest BCUT2D eigenvalue weighted by molar-refractivity contribution is 7.15. The number of aliphatic hydroxyl groups excluding tert-OH is 8. The van der Waals surface area contributed by atoms with E-state index in [0.717, 1.165) is 70.4 Å². The Morgan fingerprint density at radius 2 is 1.37 bits per heavy atom. The van der Waals surface area contributed by atoms with Crippen LogP contribution in [0.3, 0.4) is 0 Å². The number of primary amides is 1. The number of carbonyl (C=O) groups is 8. The number of aliphatic carboxylic acids is 1. The lowest BCUT2D eigenvalue weighted by Gasteiger charge is -2.46. The van der Waals surface area contributed by atoms with E-state index in [4.69, 9.17) is 72.6 Å². The first-order chi connectivity index (χ1) is 59.7. The van der Waals surface area contributed by atoms with E-state index in [2.05, 4.69) is 42.5 Å². The number of carboxylic acid groups (broad SMARTS) is 1. The van der Waals surface area contributed by atoms with Crippen molar-refractivity contribution in [2.24, 2.45) is 17.4 Å². The number of likely N-dealkylation sites (N-methyl/N-ethyl adjacent to an activating group) is 1. The van der Waals surface area contributed by atoms with Gasteiger partial charge in [0, 0.05) is 57.6 Å². The Labute approximate surface area is 732 Å². The Morgan fingerprint density at radius 3 is 2.00 bits per heavy atom. The standard InChI is InChI=1S/C84H97Cl2FN10O28S/c1-33(2)18-48(90-6)76(111)97-64-66(104)38-11-15-52(46(85)21-38)119-54-23-40-24-55(73(54)124-83-71(109)69(107)74(57(31-98)122-83)125-82-70(108)68(106)67(105)56(121-82)30-91-29-43-13-17-58(126-43)37-8-7-9-41(87)19-37)120-53-16-12-39(22-47(53)86)72(123-60-28-84(5,89)75(110)35(4)118-60)65(92-32-99)80(115)96-63(81(116)117)45-25-42(100)26-51(102)61(45)44-20-36(10-14-50(44)101)34(3)93-78(113)62(40)95-77(112)49(27-59(88)103)94-79(64)114/h7-17,19-26,32-35,48-49,56-57,60,62-72,74-75,82-83,90-91,98,100-102,104-110H,18,27-31,89H2,1-6H3,(H2,88,103)(H,92,99)(H,93,113)(H,94,114)(H,95,112)(H,96,115)(H,97,111)(H,116,117)/t34?,35-,48+,49?,56+,57+,60?,62+,63?,64?,65-,66+,67-,68-,69+,70+,71+,72+,74+,75-,82-,83-,84-/m0/s1. The minimum Gasteiger partial charge on any atom is -0.508 e. The monoisotopic (exact) mass is 1810 g/mol. The number of rotatable bonds is 22. The van der Waals surface area contributed by atoms with Gasteiger partial charge in [-0.05, 0) is 147 Å². The minimum absolute atomic E-state index is 0.00239. The summed E-state index contributed by atoms with van der Waals surface area (Å²) in [5, 5.41) is 159. The van der Waals surface area contributed by atoms with Crippen LogP contribution < -0.4 is 68.2 Å². The lowest BCUT2D eigenvalue weighted by atomic mass is 9.86. The molecule has 7 aliphatic rings. The van der Waals surface area contributed by atoms with Gasteiger partial charge in [-0.3, -0.25) is 33.6 Å². The molecule has 38 nitrogen and oxygen atoms in total. The van der Waals surface area contributed by atoms with Gasteiger partial charge >= 0.3 is 5.97 Å². The number of phenols is 3. The van der Waals surface area contributed by atoms with Crippen LogP contribution in [0.15, 0.2) is 115 Å². The molecule has 126 heavy (non-hydrogen) atoms. The third kappa shape index (κ3) is 21.3. The van der Waals surface area contributed by atoms with Gasteiger partial charge in [0.05, 0.1) is 47.4 Å². The summed E-state index contributed by atoms with van der Waals surface area (Å²) >= 11 is 15.8. The molecular weight excluding hydrogens is 1720 g/mol. The number of amides is 7. The summed E-state index contributed by atoms with van der Waals surface area (Å²) in [7, 11) is 1.47. The van der Waals surface area contributed by atoms with Gasteiger partial charge in [0.15, 0.2) is 30.1 Å². The van der Waals surface area contributed by atoms with Crippen LogP contribution in [0, 0.1) is 11.7 Å². The number of hydrogen-bond acceptors (Lipinski definition) is 31. The molecule has 6 aromatic carbocycles. The molecule has 7 aromatic rings. The third-order valence-corrected chi connectivity index (χ3v) is 23.8. The first kappa shape index (κ1) is 94.6. The number of benzene rings is 6. The summed E-state index contributed by atoms with van der Waals surface area (Å²) in [4.78, 5) is 117. The number of nitrogens with two attached hydrogens (primary N) is 2. The number of aromatic hydroxyl groups is 3. The zero-order chi connectivity index (χ0) is 91.4. The second-order valence-electron chi connectivity index (χ2n) is 31.8. The smallest absolute Gasteiger partial charge is 0.330 e. The van der Waals surface area contributed by atoms with Crippen LogP contribution >= 0.6 is 34.5 Å². The van der Waals surface area contributed by atoms with E-state index in [9.17, 15) is 89.6 Å². The number of ether oxygens (including phenoxy) is 8. The predicted octanol–water partition coefficient (Wildman–Crippen LogP) is 2.23. The van der Waals surface area contributed by atoms with E-state index in [-0.39, 0.29) is 54.9 Å². The summed E-state index contributed by atoms with van der Waals surface area (Å²) in [6.45, 7) is 6.78. The highest BCUT2D eigenvalue weighted by Crippen LogP contribution is 2.50. The van der Waals surface area contributed by atoms with Crippen molar-refractivity contribution in [1.29, 1.82) is 0 Å². The van der Waals surface area contributed by atoms with Crippen molar-refractivity contribution >= 4 is 82.4 Å². The maximum atomic E-state index is 16.0. The van der Waals surface area contributed by atoms with Crippen LogP contribution in [0.2, 0.25) is 10.0 Å². The van der Waals surface area contributed by atoms with E-state index in [1.807, 2.05) is 13.8 Å². The highest BCUT2D eigenvalue weighted by Gasteiger charge is 2.53. The number of thiophene rings is 1. The lowest BCUT2D eigenvalue weighted by molar-refractivity contribution is -0.350. The maximum Gasteiger partial charge on any atom is 0.330 e. The fraction of sp³-hybridized carbons (Fsp3) is 0.429. The van der Waals surface area contributed by atoms with Gasteiger partial charge in [0.2, 0.25) is 53.9 Å². The Balaban J connectivity index is 1.02. The molecule has 8 heterocycles. The molecule has 0 aliphatic carbocycles. The zero-order valence-electron chi connectivity index (χ0n) is 68.2. The van der Waals surface area contributed by atoms with Crippen molar-refractivity contribution in [3.63, 3.8) is 0 Å². The zero-order valence-corrected chi connectivity index (χ0v) is 70.5. The number of nitrogens with one attached hydrogen (secondary N) is 8. The van der Waals surface area contributed by atoms with Gasteiger partial charge in [-0.25, -0.2) is 9.18 Å². The number of aliphatic hydroxyl groups is 8. The molecule has 1 aromatic heterocycles. The van der Waals surface area contributed by atoms with Gasteiger partial charge in [-0.2, -0.15) is 0 Å². The molecule has 3 saturated heterocycles. The summed E-state index contributed by atoms with van der Waals surface area (Å²) in [6.07, 6.45) is -28.8. The van der Waals surface area contributed by atoms with Crippen molar-refractivity contribution in [1.82, 2.24) is 42.5 Å². The van der Waals surface area contributed by atoms with Crippen molar-refractivity contribution < 1.29 is 142 Å². The molecule has 7 amide bonds. The van der Waals surface area contributed by atoms with Gasteiger partial charge in [0.1, 0.15) is 120 Å². The molecule has 7 aliphatic heterocycles. The second-order valence-corrected chi connectivity index (χ2v) is 33.8. The van der Waals surface area contributed by atoms with Crippen LogP contribution in [-0.4, -0.2) is 239 Å². The molecule has 0 spiro atoms. The van der Waals surface area contributed by atoms with Crippen molar-refractivity contribution in [2.45, 2.75) is 200 Å². The molecule has 9 bridgehead atoms. The van der Waals surface area contributed by atoms with Crippen LogP contribution in [-0.2, 0) is 68.6 Å². The summed E-state index contributed by atoms with van der Waals surface area (Å²) in [5.41, 5.74) is 9.17. The van der Waals surface area contributed by atoms with E-state index >= 15 is 14.4 Å². The molecule has 0 saturated carbocycles. The Hall–Kier alpha value is -10.6. The normalized spacial score (nSPS) is 29.3. The molecule has 42 heteroatoms. The topological polar surface area (TPSA) is 601 Å². The number of halogens is 3. The van der Waals surface area contributed by atoms with Crippen molar-refractivity contribution in [3.05, 3.63) is 164 Å². The fourth-order valence-electron chi connectivity index (χ4n) is 15.4. The minimum atomic E-state index is -2.37. The molecule has 5 unspecified atom stereocenters. The third-order valence-electron chi connectivity index (χ3n) is 22.0. The van der Waals surface area contributed by atoms with Crippen LogP contribution in [0.5, 0.6) is 46.0 Å². The van der Waals surface area contributed by atoms with Gasteiger partial charge in [-0.15, -0.1) is 11.3 Å². The summed E-state index contributed by atoms with van der Waals surface area (Å²) in [5.74, 6) is -15.1. The highest BCUT2D eigenvalue weighted by atomic mass is 35.5. The van der Waals surface area contributed by atoms with Gasteiger partial charge in [-0.1, -0.05) is 67.4 Å². The first-order valence-electron chi connectivity index (χ1n) is 39.8. The first-order valence-corrected chi connectivity index (χ1v) is 41.4. The number of phenolic OH excluding ortho intramolecular Hbond substituents is 3. The Bertz CT molecular complexity index is 5190.